The van der Waals surface area contributed by atoms with Gasteiger partial charge in [0.15, 0.2) is 5.78 Å². The molecule has 0 aromatic rings. The Kier molecular flexibility index (Phi) is 2.47. The lowest BCUT2D eigenvalue weighted by molar-refractivity contribution is -0.114. The molecule has 0 spiro atoms. The number of rotatable bonds is 1. The van der Waals surface area contributed by atoms with E-state index < -0.39 is 0 Å². The Morgan fingerprint density at radius 1 is 1.75 bits per heavy atom. The summed E-state index contributed by atoms with van der Waals surface area (Å²) in [6.07, 6.45) is 3.34. The second-order valence-corrected chi connectivity index (χ2v) is 2.80. The van der Waals surface area contributed by atoms with Gasteiger partial charge in [-0.05, 0) is 6.08 Å². The van der Waals surface area contributed by atoms with Crippen molar-refractivity contribution in [3.63, 3.8) is 0 Å². The Hall–Kier alpha value is -1.33. The lowest BCUT2D eigenvalue weighted by Crippen LogP contribution is -2.06. The third-order valence-electron chi connectivity index (χ3n) is 1.53. The average molecular weight is 180 g/mol. The topological polar surface area (TPSA) is 40.9 Å². The summed E-state index contributed by atoms with van der Waals surface area (Å²) in [6.45, 7) is 3.45. The maximum absolute atomic E-state index is 11.2. The van der Waals surface area contributed by atoms with E-state index in [1.165, 1.54) is 6.08 Å². The Morgan fingerprint density at radius 3 is 3.00 bits per heavy atom. The normalized spacial score (nSPS) is 16.2. The molecule has 60 valence electrons. The summed E-state index contributed by atoms with van der Waals surface area (Å²) < 4.78 is 0. The third-order valence-corrected chi connectivity index (χ3v) is 1.79. The predicted octanol–water partition coefficient (Wildman–Crippen LogP) is 2.09. The smallest absolute Gasteiger partial charge is 0.168 e. The predicted molar refractivity (Wildman–Crippen MR) is 46.4 cm³/mol. The molecule has 0 saturated heterocycles. The van der Waals surface area contributed by atoms with Gasteiger partial charge in [0.2, 0.25) is 0 Å². The highest BCUT2D eigenvalue weighted by Gasteiger charge is 2.15. The van der Waals surface area contributed by atoms with Gasteiger partial charge in [0, 0.05) is 17.0 Å². The van der Waals surface area contributed by atoms with Crippen LogP contribution in [-0.2, 0) is 4.79 Å². The lowest BCUT2D eigenvalue weighted by atomic mass is 9.98. The van der Waals surface area contributed by atoms with Gasteiger partial charge in [-0.2, -0.15) is 5.26 Å². The number of Topliss-reactive ketones (excluding diaryl/α,β-unsaturated/α-hetero) is 1. The van der Waals surface area contributed by atoms with Crippen molar-refractivity contribution in [3.8, 4) is 6.07 Å². The highest BCUT2D eigenvalue weighted by Crippen LogP contribution is 2.21. The Labute approximate surface area is 75.4 Å². The molecule has 0 aliphatic heterocycles. The largest absolute Gasteiger partial charge is 0.294 e. The van der Waals surface area contributed by atoms with Crippen molar-refractivity contribution in [1.29, 1.82) is 5.26 Å². The number of hydrogen-bond acceptors (Lipinski definition) is 2. The van der Waals surface area contributed by atoms with Crippen LogP contribution in [0.25, 0.3) is 0 Å². The molecule has 0 N–H and O–H groups in total. The molecular weight excluding hydrogens is 174 g/mol. The molecule has 3 heteroatoms. The Morgan fingerprint density at radius 2 is 2.42 bits per heavy atom. The zero-order valence-corrected chi connectivity index (χ0v) is 7.06. The molecule has 1 rings (SSSR count). The molecule has 12 heavy (non-hydrogen) atoms. The van der Waals surface area contributed by atoms with Crippen molar-refractivity contribution in [2.75, 3.05) is 0 Å². The maximum Gasteiger partial charge on any atom is 0.168 e. The molecule has 2 nitrogen and oxygen atoms in total. The van der Waals surface area contributed by atoms with E-state index in [4.69, 9.17) is 16.9 Å². The molecule has 0 saturated carbocycles. The number of allylic oxidation sites excluding steroid dienone is 5. The number of ketones is 1. The fourth-order valence-electron chi connectivity index (χ4n) is 0.893. The fraction of sp³-hybridized carbons (Fsp3) is 0.111. The van der Waals surface area contributed by atoms with E-state index in [-0.39, 0.29) is 17.8 Å². The highest BCUT2D eigenvalue weighted by atomic mass is 35.5. The maximum atomic E-state index is 11.2. The first-order chi connectivity index (χ1) is 5.65. The number of carbonyl (C=O) groups excluding carboxylic acids is 1. The minimum atomic E-state index is -0.106. The summed E-state index contributed by atoms with van der Waals surface area (Å²) in [5, 5.41) is 8.97. The summed E-state index contributed by atoms with van der Waals surface area (Å²) >= 11 is 5.66. The molecule has 0 radical (unpaired) electrons. The van der Waals surface area contributed by atoms with Crippen LogP contribution in [0.15, 0.2) is 34.9 Å². The molecule has 0 fully saturated rings. The van der Waals surface area contributed by atoms with Crippen LogP contribution in [0, 0.1) is 11.3 Å². The molecule has 0 bridgehead atoms. The van der Waals surface area contributed by atoms with Gasteiger partial charge >= 0.3 is 0 Å². The average Bonchev–Trinajstić information content (AvgIpc) is 2.08. The SMILES string of the molecule is C=C(C#N)C1=CC(Cl)=CCC1=O. The van der Waals surface area contributed by atoms with Gasteiger partial charge in [0.05, 0.1) is 11.6 Å². The monoisotopic (exact) mass is 179 g/mol. The molecule has 0 aromatic carbocycles. The number of nitriles is 1. The van der Waals surface area contributed by atoms with E-state index >= 15 is 0 Å². The molecule has 1 aliphatic rings. The van der Waals surface area contributed by atoms with Crippen molar-refractivity contribution in [1.82, 2.24) is 0 Å². The number of carbonyl (C=O) groups is 1. The molecule has 0 atom stereocenters. The Bertz CT molecular complexity index is 344. The van der Waals surface area contributed by atoms with Gasteiger partial charge in [0.25, 0.3) is 0 Å². The van der Waals surface area contributed by atoms with E-state index in [1.54, 1.807) is 6.08 Å². The van der Waals surface area contributed by atoms with Gasteiger partial charge in [-0.3, -0.25) is 4.79 Å². The minimum absolute atomic E-state index is 0.106. The van der Waals surface area contributed by atoms with E-state index in [0.717, 1.165) is 0 Å². The summed E-state index contributed by atoms with van der Waals surface area (Å²) in [5.41, 5.74) is 0.497. The molecular formula is C9H6ClNO. The molecule has 1 aliphatic carbocycles. The number of hydrogen-bond donors (Lipinski definition) is 0. The van der Waals surface area contributed by atoms with Gasteiger partial charge in [-0.15, -0.1) is 0 Å². The van der Waals surface area contributed by atoms with E-state index in [9.17, 15) is 4.79 Å². The van der Waals surface area contributed by atoms with Gasteiger partial charge in [-0.25, -0.2) is 0 Å². The van der Waals surface area contributed by atoms with Gasteiger partial charge in [0.1, 0.15) is 0 Å². The van der Waals surface area contributed by atoms with Crippen molar-refractivity contribution < 1.29 is 4.79 Å². The van der Waals surface area contributed by atoms with Gasteiger partial charge in [-0.1, -0.05) is 24.3 Å². The summed E-state index contributed by atoms with van der Waals surface area (Å²) in [5.74, 6) is -0.106. The quantitative estimate of drug-likeness (QED) is 0.579. The van der Waals surface area contributed by atoms with E-state index in [1.807, 2.05) is 6.07 Å². The van der Waals surface area contributed by atoms with Crippen molar-refractivity contribution >= 4 is 17.4 Å². The van der Waals surface area contributed by atoms with E-state index in [2.05, 4.69) is 6.58 Å². The van der Waals surface area contributed by atoms with Crippen LogP contribution >= 0.6 is 11.6 Å². The lowest BCUT2D eigenvalue weighted by Gasteiger charge is -2.06. The highest BCUT2D eigenvalue weighted by molar-refractivity contribution is 6.32. The van der Waals surface area contributed by atoms with Crippen LogP contribution in [0.1, 0.15) is 6.42 Å². The van der Waals surface area contributed by atoms with Crippen LogP contribution in [-0.4, -0.2) is 5.78 Å². The van der Waals surface area contributed by atoms with Crippen LogP contribution < -0.4 is 0 Å². The van der Waals surface area contributed by atoms with Crippen LogP contribution in [0.4, 0.5) is 0 Å². The van der Waals surface area contributed by atoms with Crippen LogP contribution in [0.3, 0.4) is 0 Å². The Balaban J connectivity index is 3.03. The molecule has 0 amide bonds. The summed E-state index contributed by atoms with van der Waals surface area (Å²) in [6, 6.07) is 1.82. The third kappa shape index (κ3) is 1.63. The second kappa shape index (κ2) is 3.38. The van der Waals surface area contributed by atoms with Crippen molar-refractivity contribution in [2.24, 2.45) is 0 Å². The molecule has 0 unspecified atom stereocenters. The van der Waals surface area contributed by atoms with Crippen molar-refractivity contribution in [3.05, 3.63) is 34.9 Å². The first kappa shape index (κ1) is 8.76. The van der Waals surface area contributed by atoms with Crippen LogP contribution in [0.2, 0.25) is 0 Å². The van der Waals surface area contributed by atoms with E-state index in [0.29, 0.717) is 10.6 Å². The van der Waals surface area contributed by atoms with Crippen LogP contribution in [0.5, 0.6) is 0 Å². The summed E-state index contributed by atoms with van der Waals surface area (Å²) in [4.78, 5) is 11.2. The second-order valence-electron chi connectivity index (χ2n) is 2.36. The first-order valence-electron chi connectivity index (χ1n) is 3.35. The van der Waals surface area contributed by atoms with Crippen molar-refractivity contribution in [2.45, 2.75) is 6.42 Å². The molecule has 0 aromatic heterocycles. The number of halogens is 1. The minimum Gasteiger partial charge on any atom is -0.294 e. The molecule has 0 heterocycles. The fourth-order valence-corrected chi connectivity index (χ4v) is 1.08. The zero-order chi connectivity index (χ0) is 9.14. The summed E-state index contributed by atoms with van der Waals surface area (Å²) in [7, 11) is 0. The zero-order valence-electron chi connectivity index (χ0n) is 6.30. The first-order valence-corrected chi connectivity index (χ1v) is 3.73. The van der Waals surface area contributed by atoms with Gasteiger partial charge < -0.3 is 0 Å². The standard InChI is InChI=1S/C9H6ClNO/c1-6(5-11)8-4-7(10)2-3-9(8)12/h2,4H,1,3H2. The number of nitrogens with zero attached hydrogens (tertiary/aromatic N) is 1.